The highest BCUT2D eigenvalue weighted by Crippen LogP contribution is 2.39. The highest BCUT2D eigenvalue weighted by atomic mass is 16.6. The molecule has 1 aromatic carbocycles. The monoisotopic (exact) mass is 292 g/mol. The van der Waals surface area contributed by atoms with Crippen molar-refractivity contribution in [3.8, 4) is 5.75 Å². The molecule has 0 radical (unpaired) electrons. The molecule has 0 spiro atoms. The number of hydrogen-bond acceptors (Lipinski definition) is 5. The summed E-state index contributed by atoms with van der Waals surface area (Å²) in [5.41, 5.74) is -0.547. The molecule has 1 aromatic rings. The fourth-order valence-electron chi connectivity index (χ4n) is 2.76. The highest BCUT2D eigenvalue weighted by Gasteiger charge is 2.41. The third-order valence-electron chi connectivity index (χ3n) is 3.99. The number of para-hydroxylation sites is 1. The fourth-order valence-corrected chi connectivity index (χ4v) is 2.76. The van der Waals surface area contributed by atoms with Crippen LogP contribution in [0.25, 0.3) is 0 Å². The van der Waals surface area contributed by atoms with E-state index >= 15 is 0 Å². The van der Waals surface area contributed by atoms with E-state index in [1.165, 1.54) is 12.1 Å². The van der Waals surface area contributed by atoms with Gasteiger partial charge in [-0.3, -0.25) is 14.9 Å². The normalized spacial score (nSPS) is 24.8. The first-order chi connectivity index (χ1) is 10.1. The Morgan fingerprint density at radius 1 is 1.38 bits per heavy atom. The molecule has 0 aromatic heterocycles. The maximum atomic E-state index is 12.2. The molecule has 1 aliphatic carbocycles. The summed E-state index contributed by atoms with van der Waals surface area (Å²) in [4.78, 5) is 22.3. The maximum absolute atomic E-state index is 12.2. The Kier molecular flexibility index (Phi) is 3.50. The van der Waals surface area contributed by atoms with Crippen LogP contribution in [0.3, 0.4) is 0 Å². The van der Waals surface area contributed by atoms with Crippen LogP contribution in [0.2, 0.25) is 0 Å². The molecule has 7 nitrogen and oxygen atoms in total. The first-order valence-electron chi connectivity index (χ1n) is 6.96. The number of amides is 1. The fraction of sp³-hybridized carbons (Fsp3) is 0.500. The average molecular weight is 292 g/mol. The molecule has 1 saturated heterocycles. The molecule has 1 heterocycles. The largest absolute Gasteiger partial charge is 0.502 e. The van der Waals surface area contributed by atoms with Crippen molar-refractivity contribution in [1.82, 2.24) is 5.32 Å². The van der Waals surface area contributed by atoms with Crippen molar-refractivity contribution in [1.29, 1.82) is 0 Å². The van der Waals surface area contributed by atoms with Crippen molar-refractivity contribution < 1.29 is 19.6 Å². The number of benzene rings is 1. The molecular formula is C14H16N2O5. The molecule has 0 bridgehead atoms. The van der Waals surface area contributed by atoms with E-state index in [1.807, 2.05) is 0 Å². The number of phenols is 1. The van der Waals surface area contributed by atoms with Gasteiger partial charge in [-0.15, -0.1) is 0 Å². The van der Waals surface area contributed by atoms with Crippen molar-refractivity contribution in [3.05, 3.63) is 33.9 Å². The maximum Gasteiger partial charge on any atom is 0.311 e. The van der Waals surface area contributed by atoms with Gasteiger partial charge in [-0.25, -0.2) is 0 Å². The number of nitro groups is 1. The standard InChI is InChI=1S/C14H16N2O5/c17-12-9(2-1-3-11(12)16(19)20)14(18)15-10-6-7-21-13(10)8-4-5-8/h1-3,8,10,13,17H,4-7H2,(H,15,18). The molecule has 112 valence electrons. The van der Waals surface area contributed by atoms with Gasteiger partial charge in [-0.2, -0.15) is 0 Å². The number of phenolic OH excluding ortho intramolecular Hbond substituents is 1. The quantitative estimate of drug-likeness (QED) is 0.648. The first-order valence-corrected chi connectivity index (χ1v) is 6.96. The molecule has 21 heavy (non-hydrogen) atoms. The summed E-state index contributed by atoms with van der Waals surface area (Å²) in [5, 5.41) is 23.5. The Bertz CT molecular complexity index is 585. The second-order valence-corrected chi connectivity index (χ2v) is 5.47. The predicted molar refractivity (Wildman–Crippen MR) is 73.1 cm³/mol. The van der Waals surface area contributed by atoms with E-state index < -0.39 is 22.3 Å². The molecular weight excluding hydrogens is 276 g/mol. The van der Waals surface area contributed by atoms with E-state index in [2.05, 4.69) is 5.32 Å². The molecule has 2 unspecified atom stereocenters. The summed E-state index contributed by atoms with van der Waals surface area (Å²) in [7, 11) is 0. The lowest BCUT2D eigenvalue weighted by molar-refractivity contribution is -0.385. The van der Waals surface area contributed by atoms with Crippen molar-refractivity contribution in [2.45, 2.75) is 31.4 Å². The van der Waals surface area contributed by atoms with Gasteiger partial charge in [0.15, 0.2) is 0 Å². The highest BCUT2D eigenvalue weighted by molar-refractivity contribution is 5.98. The van der Waals surface area contributed by atoms with Crippen molar-refractivity contribution in [2.75, 3.05) is 6.61 Å². The summed E-state index contributed by atoms with van der Waals surface area (Å²) < 4.78 is 5.63. The van der Waals surface area contributed by atoms with Crippen LogP contribution >= 0.6 is 0 Å². The third kappa shape index (κ3) is 2.69. The van der Waals surface area contributed by atoms with Crippen LogP contribution in [-0.4, -0.2) is 34.7 Å². The lowest BCUT2D eigenvalue weighted by Crippen LogP contribution is -2.41. The Morgan fingerprint density at radius 3 is 2.81 bits per heavy atom. The summed E-state index contributed by atoms with van der Waals surface area (Å²) >= 11 is 0. The number of rotatable bonds is 4. The first kappa shape index (κ1) is 13.8. The van der Waals surface area contributed by atoms with E-state index in [0.717, 1.165) is 25.3 Å². The topological polar surface area (TPSA) is 102 Å². The van der Waals surface area contributed by atoms with E-state index in [-0.39, 0.29) is 17.7 Å². The summed E-state index contributed by atoms with van der Waals surface area (Å²) in [6.45, 7) is 0.604. The number of carbonyl (C=O) groups excluding carboxylic acids is 1. The molecule has 7 heteroatoms. The smallest absolute Gasteiger partial charge is 0.311 e. The number of ether oxygens (including phenoxy) is 1. The Morgan fingerprint density at radius 2 is 2.14 bits per heavy atom. The van der Waals surface area contributed by atoms with Crippen LogP contribution in [0, 0.1) is 16.0 Å². The van der Waals surface area contributed by atoms with Crippen LogP contribution < -0.4 is 5.32 Å². The van der Waals surface area contributed by atoms with Gasteiger partial charge in [-0.05, 0) is 31.2 Å². The zero-order valence-electron chi connectivity index (χ0n) is 11.3. The van der Waals surface area contributed by atoms with Crippen LogP contribution in [0.15, 0.2) is 18.2 Å². The molecule has 1 aliphatic heterocycles. The Balaban J connectivity index is 1.76. The Hall–Kier alpha value is -2.15. The second-order valence-electron chi connectivity index (χ2n) is 5.47. The molecule has 2 aliphatic rings. The number of carbonyl (C=O) groups is 1. The molecule has 2 atom stereocenters. The molecule has 2 N–H and O–H groups in total. The second kappa shape index (κ2) is 5.33. The van der Waals surface area contributed by atoms with Gasteiger partial charge in [-0.1, -0.05) is 6.07 Å². The third-order valence-corrected chi connectivity index (χ3v) is 3.99. The average Bonchev–Trinajstić information content (AvgIpc) is 3.19. The van der Waals surface area contributed by atoms with E-state index in [0.29, 0.717) is 12.5 Å². The van der Waals surface area contributed by atoms with Crippen LogP contribution in [0.5, 0.6) is 5.75 Å². The van der Waals surface area contributed by atoms with Gasteiger partial charge in [0.1, 0.15) is 0 Å². The molecule has 3 rings (SSSR count). The van der Waals surface area contributed by atoms with Crippen molar-refractivity contribution in [2.24, 2.45) is 5.92 Å². The zero-order valence-corrected chi connectivity index (χ0v) is 11.3. The van der Waals surface area contributed by atoms with Crippen LogP contribution in [-0.2, 0) is 4.74 Å². The van der Waals surface area contributed by atoms with Gasteiger partial charge in [0.05, 0.1) is 22.6 Å². The molecule has 1 amide bonds. The lowest BCUT2D eigenvalue weighted by Gasteiger charge is -2.19. The number of nitro benzene ring substituents is 1. The van der Waals surface area contributed by atoms with Crippen LogP contribution in [0.1, 0.15) is 29.6 Å². The van der Waals surface area contributed by atoms with Gasteiger partial charge >= 0.3 is 5.69 Å². The zero-order chi connectivity index (χ0) is 15.0. The minimum absolute atomic E-state index is 0.0230. The summed E-state index contributed by atoms with van der Waals surface area (Å²) in [5.74, 6) is -0.601. The predicted octanol–water partition coefficient (Wildman–Crippen LogP) is 1.60. The summed E-state index contributed by atoms with van der Waals surface area (Å²) in [6.07, 6.45) is 2.97. The number of nitrogens with one attached hydrogen (secondary N) is 1. The van der Waals surface area contributed by atoms with Gasteiger partial charge in [0, 0.05) is 12.7 Å². The van der Waals surface area contributed by atoms with E-state index in [4.69, 9.17) is 4.74 Å². The number of aromatic hydroxyl groups is 1. The lowest BCUT2D eigenvalue weighted by atomic mass is 10.1. The SMILES string of the molecule is O=C(NC1CCOC1C1CC1)c1cccc([N+](=O)[O-])c1O. The van der Waals surface area contributed by atoms with Crippen molar-refractivity contribution >= 4 is 11.6 Å². The van der Waals surface area contributed by atoms with E-state index in [9.17, 15) is 20.0 Å². The summed E-state index contributed by atoms with van der Waals surface area (Å²) in [6, 6.07) is 3.83. The van der Waals surface area contributed by atoms with E-state index in [1.54, 1.807) is 0 Å². The number of hydrogen-bond donors (Lipinski definition) is 2. The van der Waals surface area contributed by atoms with Gasteiger partial charge in [0.2, 0.25) is 5.75 Å². The number of nitrogens with zero attached hydrogens (tertiary/aromatic N) is 1. The minimum Gasteiger partial charge on any atom is -0.502 e. The molecule has 2 fully saturated rings. The minimum atomic E-state index is -0.711. The van der Waals surface area contributed by atoms with Crippen LogP contribution in [0.4, 0.5) is 5.69 Å². The Labute approximate surface area is 121 Å². The van der Waals surface area contributed by atoms with Crippen molar-refractivity contribution in [3.63, 3.8) is 0 Å². The van der Waals surface area contributed by atoms with Gasteiger partial charge < -0.3 is 15.2 Å². The molecule has 1 saturated carbocycles. The van der Waals surface area contributed by atoms with Gasteiger partial charge in [0.25, 0.3) is 5.91 Å².